The molecule has 0 saturated heterocycles. The molecule has 0 fully saturated rings. The molecule has 0 atom stereocenters. The summed E-state index contributed by atoms with van der Waals surface area (Å²) >= 11 is 3.41. The number of ether oxygens (including phenoxy) is 1. The van der Waals surface area contributed by atoms with E-state index >= 15 is 0 Å². The van der Waals surface area contributed by atoms with Gasteiger partial charge in [-0.3, -0.25) is 0 Å². The summed E-state index contributed by atoms with van der Waals surface area (Å²) in [6.07, 6.45) is 0. The third kappa shape index (κ3) is 2.70. The van der Waals surface area contributed by atoms with Crippen LogP contribution in [-0.4, -0.2) is 0 Å². The van der Waals surface area contributed by atoms with Gasteiger partial charge < -0.3 is 4.74 Å². The van der Waals surface area contributed by atoms with Crippen LogP contribution in [0.4, 0.5) is 0 Å². The quantitative estimate of drug-likeness (QED) is 0.742. The lowest BCUT2D eigenvalue weighted by atomic mass is 10.0. The fourth-order valence-corrected chi connectivity index (χ4v) is 1.94. The Bertz CT molecular complexity index is 529. The number of hydrogen-bond donors (Lipinski definition) is 0. The first-order valence-electron chi connectivity index (χ1n) is 5.58. The minimum absolute atomic E-state index is 0.861. The van der Waals surface area contributed by atoms with Crippen molar-refractivity contribution in [2.45, 2.75) is 20.8 Å². The van der Waals surface area contributed by atoms with E-state index in [0.29, 0.717) is 0 Å². The van der Waals surface area contributed by atoms with Crippen molar-refractivity contribution in [3.63, 3.8) is 0 Å². The Morgan fingerprint density at radius 1 is 0.824 bits per heavy atom. The molecular weight excluding hydrogens is 276 g/mol. The van der Waals surface area contributed by atoms with E-state index in [0.717, 1.165) is 16.0 Å². The van der Waals surface area contributed by atoms with Gasteiger partial charge in [0.05, 0.1) is 0 Å². The molecule has 0 N–H and O–H groups in total. The monoisotopic (exact) mass is 290 g/mol. The van der Waals surface area contributed by atoms with Gasteiger partial charge in [-0.1, -0.05) is 22.0 Å². The van der Waals surface area contributed by atoms with E-state index in [2.05, 4.69) is 42.8 Å². The molecule has 0 aliphatic rings. The third-order valence-electron chi connectivity index (χ3n) is 3.05. The summed E-state index contributed by atoms with van der Waals surface area (Å²) < 4.78 is 6.94. The smallest absolute Gasteiger partial charge is 0.130 e. The van der Waals surface area contributed by atoms with E-state index in [4.69, 9.17) is 4.74 Å². The molecule has 0 aliphatic carbocycles. The van der Waals surface area contributed by atoms with Gasteiger partial charge in [-0.2, -0.15) is 0 Å². The van der Waals surface area contributed by atoms with Crippen molar-refractivity contribution in [3.05, 3.63) is 57.6 Å². The van der Waals surface area contributed by atoms with Crippen molar-refractivity contribution in [3.8, 4) is 11.5 Å². The van der Waals surface area contributed by atoms with Crippen LogP contribution in [0.3, 0.4) is 0 Å². The van der Waals surface area contributed by atoms with Crippen molar-refractivity contribution in [2.75, 3.05) is 0 Å². The van der Waals surface area contributed by atoms with E-state index in [-0.39, 0.29) is 0 Å². The minimum Gasteiger partial charge on any atom is -0.457 e. The van der Waals surface area contributed by atoms with E-state index in [1.807, 2.05) is 30.3 Å². The summed E-state index contributed by atoms with van der Waals surface area (Å²) in [6.45, 7) is 6.33. The first-order valence-corrected chi connectivity index (χ1v) is 6.37. The predicted molar refractivity (Wildman–Crippen MR) is 74.9 cm³/mol. The summed E-state index contributed by atoms with van der Waals surface area (Å²) in [7, 11) is 0. The fourth-order valence-electron chi connectivity index (χ4n) is 1.67. The highest BCUT2D eigenvalue weighted by molar-refractivity contribution is 9.10. The first-order chi connectivity index (χ1) is 8.08. The molecule has 0 aliphatic heterocycles. The highest BCUT2D eigenvalue weighted by atomic mass is 79.9. The van der Waals surface area contributed by atoms with Crippen molar-refractivity contribution < 1.29 is 4.74 Å². The highest BCUT2D eigenvalue weighted by Gasteiger charge is 2.05. The number of aryl methyl sites for hydroxylation is 1. The minimum atomic E-state index is 0.861. The Labute approximate surface area is 111 Å². The molecule has 0 amide bonds. The van der Waals surface area contributed by atoms with Crippen LogP contribution in [0.1, 0.15) is 16.7 Å². The van der Waals surface area contributed by atoms with E-state index < -0.39 is 0 Å². The number of benzene rings is 2. The molecule has 0 unspecified atom stereocenters. The lowest BCUT2D eigenvalue weighted by Crippen LogP contribution is -1.92. The molecular formula is C15H15BrO. The van der Waals surface area contributed by atoms with Gasteiger partial charge in [0.15, 0.2) is 0 Å². The van der Waals surface area contributed by atoms with Crippen molar-refractivity contribution in [1.29, 1.82) is 0 Å². The SMILES string of the molecule is Cc1ccc(Oc2ccc(Br)cc2)c(C)c1C. The average Bonchev–Trinajstić information content (AvgIpc) is 2.33. The van der Waals surface area contributed by atoms with Gasteiger partial charge >= 0.3 is 0 Å². The van der Waals surface area contributed by atoms with Crippen LogP contribution in [0.15, 0.2) is 40.9 Å². The van der Waals surface area contributed by atoms with Crippen LogP contribution in [-0.2, 0) is 0 Å². The molecule has 0 heterocycles. The second-order valence-corrected chi connectivity index (χ2v) is 5.10. The van der Waals surface area contributed by atoms with Crippen LogP contribution < -0.4 is 4.74 Å². The zero-order valence-corrected chi connectivity index (χ0v) is 11.8. The Morgan fingerprint density at radius 3 is 2.12 bits per heavy atom. The Morgan fingerprint density at radius 2 is 1.47 bits per heavy atom. The van der Waals surface area contributed by atoms with Gasteiger partial charge in [0.1, 0.15) is 11.5 Å². The van der Waals surface area contributed by atoms with Gasteiger partial charge in [0.2, 0.25) is 0 Å². The molecule has 0 bridgehead atoms. The maximum atomic E-state index is 5.88. The van der Waals surface area contributed by atoms with Gasteiger partial charge in [-0.15, -0.1) is 0 Å². The predicted octanol–water partition coefficient (Wildman–Crippen LogP) is 5.17. The molecule has 0 aromatic heterocycles. The van der Waals surface area contributed by atoms with Gasteiger partial charge in [-0.05, 0) is 67.8 Å². The molecule has 0 radical (unpaired) electrons. The molecule has 88 valence electrons. The molecule has 1 nitrogen and oxygen atoms in total. The van der Waals surface area contributed by atoms with Gasteiger partial charge in [0.25, 0.3) is 0 Å². The molecule has 2 heteroatoms. The number of rotatable bonds is 2. The average molecular weight is 291 g/mol. The van der Waals surface area contributed by atoms with Crippen LogP contribution in [0.25, 0.3) is 0 Å². The summed E-state index contributed by atoms with van der Waals surface area (Å²) in [5, 5.41) is 0. The summed E-state index contributed by atoms with van der Waals surface area (Å²) in [4.78, 5) is 0. The second kappa shape index (κ2) is 4.92. The summed E-state index contributed by atoms with van der Waals surface area (Å²) in [5.74, 6) is 1.79. The molecule has 2 aromatic carbocycles. The Kier molecular flexibility index (Phi) is 3.53. The van der Waals surface area contributed by atoms with Gasteiger partial charge in [0, 0.05) is 4.47 Å². The van der Waals surface area contributed by atoms with Crippen LogP contribution in [0.5, 0.6) is 11.5 Å². The topological polar surface area (TPSA) is 9.23 Å². The van der Waals surface area contributed by atoms with E-state index in [1.54, 1.807) is 0 Å². The molecule has 0 spiro atoms. The largest absolute Gasteiger partial charge is 0.457 e. The summed E-state index contributed by atoms with van der Waals surface area (Å²) in [5.41, 5.74) is 3.79. The van der Waals surface area contributed by atoms with Crippen molar-refractivity contribution in [2.24, 2.45) is 0 Å². The molecule has 17 heavy (non-hydrogen) atoms. The first kappa shape index (κ1) is 12.2. The maximum Gasteiger partial charge on any atom is 0.130 e. The lowest BCUT2D eigenvalue weighted by Gasteiger charge is -2.12. The zero-order chi connectivity index (χ0) is 12.4. The zero-order valence-electron chi connectivity index (χ0n) is 10.3. The van der Waals surface area contributed by atoms with Gasteiger partial charge in [-0.25, -0.2) is 0 Å². The van der Waals surface area contributed by atoms with Crippen LogP contribution in [0, 0.1) is 20.8 Å². The second-order valence-electron chi connectivity index (χ2n) is 4.19. The lowest BCUT2D eigenvalue weighted by molar-refractivity contribution is 0.478. The van der Waals surface area contributed by atoms with Crippen molar-refractivity contribution >= 4 is 15.9 Å². The number of halogens is 1. The molecule has 2 aromatic rings. The Balaban J connectivity index is 2.30. The van der Waals surface area contributed by atoms with Crippen molar-refractivity contribution in [1.82, 2.24) is 0 Å². The maximum absolute atomic E-state index is 5.88. The normalized spacial score (nSPS) is 10.4. The van der Waals surface area contributed by atoms with Crippen LogP contribution in [0.2, 0.25) is 0 Å². The van der Waals surface area contributed by atoms with E-state index in [1.165, 1.54) is 16.7 Å². The summed E-state index contributed by atoms with van der Waals surface area (Å²) in [6, 6.07) is 12.0. The standard InChI is InChI=1S/C15H15BrO/c1-10-4-9-15(12(3)11(10)2)17-14-7-5-13(16)6-8-14/h4-9H,1-3H3. The van der Waals surface area contributed by atoms with E-state index in [9.17, 15) is 0 Å². The Hall–Kier alpha value is -1.28. The molecule has 0 saturated carbocycles. The fraction of sp³-hybridized carbons (Fsp3) is 0.200. The third-order valence-corrected chi connectivity index (χ3v) is 3.58. The molecule has 2 rings (SSSR count). The highest BCUT2D eigenvalue weighted by Crippen LogP contribution is 2.29. The number of hydrogen-bond acceptors (Lipinski definition) is 1. The van der Waals surface area contributed by atoms with Crippen LogP contribution >= 0.6 is 15.9 Å².